The van der Waals surface area contributed by atoms with Crippen LogP contribution in [0.15, 0.2) is 53.7 Å². The minimum atomic E-state index is -0.962. The molecule has 6 heteroatoms. The van der Waals surface area contributed by atoms with Crippen molar-refractivity contribution in [3.8, 4) is 0 Å². The van der Waals surface area contributed by atoms with Gasteiger partial charge in [0.1, 0.15) is 6.54 Å². The third-order valence-corrected chi connectivity index (χ3v) is 4.29. The topological polar surface area (TPSA) is 94.1 Å². The summed E-state index contributed by atoms with van der Waals surface area (Å²) in [4.78, 5) is 18.8. The van der Waals surface area contributed by atoms with Crippen LogP contribution in [0.1, 0.15) is 16.8 Å². The highest BCUT2D eigenvalue weighted by molar-refractivity contribution is 6.16. The van der Waals surface area contributed by atoms with Gasteiger partial charge in [-0.3, -0.25) is 14.9 Å². The Kier molecular flexibility index (Phi) is 3.57. The number of hydrogen-bond acceptors (Lipinski definition) is 3. The van der Waals surface area contributed by atoms with Crippen LogP contribution in [-0.4, -0.2) is 38.5 Å². The van der Waals surface area contributed by atoms with Gasteiger partial charge >= 0.3 is 5.97 Å². The lowest BCUT2D eigenvalue weighted by atomic mass is 10.0. The van der Waals surface area contributed by atoms with Gasteiger partial charge in [0.05, 0.1) is 23.1 Å². The standard InChI is InChI=1S/C19H16N4O2/c1-11-14-4-2-3-5-16(14)22-18(11)19(20-10-17(24)25)12-6-7-15-13(8-12)9-21-23-15/h2-9,22H,10H2,1H3,(H,21,23)(H,24,25). The SMILES string of the molecule is Cc1c(C(=NCC(=O)O)c2ccc3[nH]ncc3c2)[nH]c2ccccc12. The molecule has 4 rings (SSSR count). The van der Waals surface area contributed by atoms with Crippen LogP contribution in [0.4, 0.5) is 0 Å². The molecule has 0 saturated heterocycles. The second-order valence-electron chi connectivity index (χ2n) is 5.90. The lowest BCUT2D eigenvalue weighted by Crippen LogP contribution is -2.10. The molecule has 0 radical (unpaired) electrons. The van der Waals surface area contributed by atoms with E-state index in [0.717, 1.165) is 38.6 Å². The fourth-order valence-electron chi connectivity index (χ4n) is 3.07. The summed E-state index contributed by atoms with van der Waals surface area (Å²) in [5, 5.41) is 18.1. The summed E-state index contributed by atoms with van der Waals surface area (Å²) in [5.74, 6) is -0.962. The molecule has 0 saturated carbocycles. The number of aromatic nitrogens is 3. The molecule has 0 aliphatic rings. The third kappa shape index (κ3) is 2.67. The van der Waals surface area contributed by atoms with E-state index in [1.54, 1.807) is 6.20 Å². The number of H-pyrrole nitrogens is 2. The maximum Gasteiger partial charge on any atom is 0.325 e. The van der Waals surface area contributed by atoms with E-state index in [9.17, 15) is 4.79 Å². The minimum absolute atomic E-state index is 0.284. The molecule has 4 aromatic rings. The number of nitrogens with zero attached hydrogens (tertiary/aromatic N) is 2. The Hall–Kier alpha value is -3.41. The zero-order valence-corrected chi connectivity index (χ0v) is 13.6. The number of hydrogen-bond donors (Lipinski definition) is 3. The Balaban J connectivity index is 1.92. The monoisotopic (exact) mass is 332 g/mol. The predicted octanol–water partition coefficient (Wildman–Crippen LogP) is 3.27. The summed E-state index contributed by atoms with van der Waals surface area (Å²) in [5.41, 5.74) is 5.30. The van der Waals surface area contributed by atoms with E-state index in [4.69, 9.17) is 5.11 Å². The van der Waals surface area contributed by atoms with E-state index in [-0.39, 0.29) is 6.54 Å². The number of aliphatic carboxylic acids is 1. The van der Waals surface area contributed by atoms with E-state index in [2.05, 4.69) is 20.2 Å². The van der Waals surface area contributed by atoms with E-state index < -0.39 is 5.97 Å². The molecule has 0 bridgehead atoms. The number of carboxylic acids is 1. The Morgan fingerprint density at radius 1 is 1.20 bits per heavy atom. The number of fused-ring (bicyclic) bond motifs is 2. The zero-order valence-electron chi connectivity index (χ0n) is 13.6. The smallest absolute Gasteiger partial charge is 0.325 e. The molecule has 0 spiro atoms. The second-order valence-corrected chi connectivity index (χ2v) is 5.90. The summed E-state index contributed by atoms with van der Waals surface area (Å²) < 4.78 is 0. The number of carboxylic acid groups (broad SMARTS) is 1. The normalized spacial score (nSPS) is 12.1. The Morgan fingerprint density at radius 3 is 2.84 bits per heavy atom. The van der Waals surface area contributed by atoms with Crippen LogP contribution in [0.2, 0.25) is 0 Å². The fourth-order valence-corrected chi connectivity index (χ4v) is 3.07. The van der Waals surface area contributed by atoms with Crippen LogP contribution in [-0.2, 0) is 4.79 Å². The molecule has 6 nitrogen and oxygen atoms in total. The number of benzene rings is 2. The summed E-state index contributed by atoms with van der Waals surface area (Å²) in [6.07, 6.45) is 1.74. The number of carbonyl (C=O) groups is 1. The molecular weight excluding hydrogens is 316 g/mol. The van der Waals surface area contributed by atoms with Gasteiger partial charge in [-0.1, -0.05) is 24.3 Å². The lowest BCUT2D eigenvalue weighted by molar-refractivity contribution is -0.135. The summed E-state index contributed by atoms with van der Waals surface area (Å²) in [6, 6.07) is 13.8. The Bertz CT molecular complexity index is 1120. The van der Waals surface area contributed by atoms with Crippen molar-refractivity contribution in [1.82, 2.24) is 15.2 Å². The first-order chi connectivity index (χ1) is 12.1. The van der Waals surface area contributed by atoms with Crippen LogP contribution in [0.5, 0.6) is 0 Å². The van der Waals surface area contributed by atoms with Crippen molar-refractivity contribution in [2.45, 2.75) is 6.92 Å². The van der Waals surface area contributed by atoms with Gasteiger partial charge in [-0.15, -0.1) is 0 Å². The molecule has 3 N–H and O–H groups in total. The van der Waals surface area contributed by atoms with E-state index >= 15 is 0 Å². The van der Waals surface area contributed by atoms with Crippen LogP contribution in [0, 0.1) is 6.92 Å². The maximum absolute atomic E-state index is 11.1. The van der Waals surface area contributed by atoms with E-state index in [0.29, 0.717) is 5.71 Å². The number of aliphatic imine (C=N–C) groups is 1. The molecule has 0 fully saturated rings. The fraction of sp³-hybridized carbons (Fsp3) is 0.105. The summed E-state index contributed by atoms with van der Waals surface area (Å²) in [7, 11) is 0. The van der Waals surface area contributed by atoms with Crippen molar-refractivity contribution >= 4 is 33.5 Å². The second kappa shape index (κ2) is 5.90. The van der Waals surface area contributed by atoms with Gasteiger partial charge < -0.3 is 10.1 Å². The quantitative estimate of drug-likeness (QED) is 0.501. The van der Waals surface area contributed by atoms with E-state index in [1.807, 2.05) is 49.4 Å². The number of aryl methyl sites for hydroxylation is 1. The first-order valence-electron chi connectivity index (χ1n) is 7.91. The first kappa shape index (κ1) is 15.1. The van der Waals surface area contributed by atoms with Crippen molar-refractivity contribution < 1.29 is 9.90 Å². The number of nitrogens with one attached hydrogen (secondary N) is 2. The van der Waals surface area contributed by atoms with Crippen LogP contribution in [0.3, 0.4) is 0 Å². The average molecular weight is 332 g/mol. The molecule has 124 valence electrons. The minimum Gasteiger partial charge on any atom is -0.480 e. The third-order valence-electron chi connectivity index (χ3n) is 4.29. The molecule has 0 atom stereocenters. The number of para-hydroxylation sites is 1. The Labute approximate surface area is 143 Å². The number of rotatable bonds is 4. The largest absolute Gasteiger partial charge is 0.480 e. The van der Waals surface area contributed by atoms with Gasteiger partial charge in [0.25, 0.3) is 0 Å². The van der Waals surface area contributed by atoms with Crippen LogP contribution >= 0.6 is 0 Å². The van der Waals surface area contributed by atoms with Crippen molar-refractivity contribution in [2.75, 3.05) is 6.54 Å². The molecule has 0 amide bonds. The van der Waals surface area contributed by atoms with Gasteiger partial charge in [0, 0.05) is 21.9 Å². The van der Waals surface area contributed by atoms with Gasteiger partial charge in [-0.2, -0.15) is 5.10 Å². The van der Waals surface area contributed by atoms with Gasteiger partial charge in [-0.05, 0) is 30.7 Å². The van der Waals surface area contributed by atoms with Gasteiger partial charge in [0.2, 0.25) is 0 Å². The predicted molar refractivity (Wildman–Crippen MR) is 97.3 cm³/mol. The molecule has 0 aliphatic heterocycles. The first-order valence-corrected chi connectivity index (χ1v) is 7.91. The van der Waals surface area contributed by atoms with Crippen LogP contribution in [0.25, 0.3) is 21.8 Å². The molecule has 2 aromatic heterocycles. The van der Waals surface area contributed by atoms with Crippen LogP contribution < -0.4 is 0 Å². The lowest BCUT2D eigenvalue weighted by Gasteiger charge is -2.07. The van der Waals surface area contributed by atoms with Gasteiger partial charge in [0.15, 0.2) is 0 Å². The van der Waals surface area contributed by atoms with E-state index in [1.165, 1.54) is 0 Å². The highest BCUT2D eigenvalue weighted by atomic mass is 16.4. The maximum atomic E-state index is 11.1. The summed E-state index contributed by atoms with van der Waals surface area (Å²) >= 11 is 0. The summed E-state index contributed by atoms with van der Waals surface area (Å²) in [6.45, 7) is 1.73. The molecular formula is C19H16N4O2. The molecule has 0 unspecified atom stereocenters. The molecule has 2 aromatic carbocycles. The molecule has 2 heterocycles. The zero-order chi connectivity index (χ0) is 17.4. The van der Waals surface area contributed by atoms with Crippen molar-refractivity contribution in [3.63, 3.8) is 0 Å². The number of aromatic amines is 2. The van der Waals surface area contributed by atoms with Crippen molar-refractivity contribution in [1.29, 1.82) is 0 Å². The van der Waals surface area contributed by atoms with Crippen molar-refractivity contribution in [2.24, 2.45) is 4.99 Å². The molecule has 25 heavy (non-hydrogen) atoms. The highest BCUT2D eigenvalue weighted by Crippen LogP contribution is 2.25. The highest BCUT2D eigenvalue weighted by Gasteiger charge is 2.16. The average Bonchev–Trinajstić information content (AvgIpc) is 3.20. The van der Waals surface area contributed by atoms with Gasteiger partial charge in [-0.25, -0.2) is 0 Å². The Morgan fingerprint density at radius 2 is 2.04 bits per heavy atom. The van der Waals surface area contributed by atoms with Crippen molar-refractivity contribution in [3.05, 3.63) is 65.5 Å². The molecule has 0 aliphatic carbocycles.